The van der Waals surface area contributed by atoms with Crippen LogP contribution in [0, 0.1) is 6.92 Å². The van der Waals surface area contributed by atoms with E-state index in [1.54, 1.807) is 27.1 Å². The molecule has 0 aliphatic carbocycles. The molecule has 0 saturated carbocycles. The van der Waals surface area contributed by atoms with Gasteiger partial charge in [0.2, 0.25) is 20.8 Å². The van der Waals surface area contributed by atoms with Crippen molar-refractivity contribution in [2.24, 2.45) is 7.05 Å². The number of ether oxygens (including phenoxy) is 2. The molecule has 1 atom stereocenters. The van der Waals surface area contributed by atoms with Crippen molar-refractivity contribution in [1.29, 1.82) is 0 Å². The molecule has 0 bridgehead atoms. The molecular formula is C33H43N7O5S2. The van der Waals surface area contributed by atoms with Gasteiger partial charge in [-0.25, -0.2) is 18.2 Å². The standard InChI is InChI=1S/C33H43N7O5S2/c1-18(2)47(42,43)30-25(17-39(8)38-30)34-29-28-23(11-14-46-28)35-31(37-29)36-24-15-19(3)26(22-16-20(4)44-27(22)24)21-9-12-40(13-10-21)32(41)45-33(5,6)7/h11,14-15,17-18,20-21H,9-10,12-13,16H2,1-8H3,(H2,34,35,36,37)/t20-/m1/s1. The van der Waals surface area contributed by atoms with Crippen LogP contribution in [0.1, 0.15) is 77.0 Å². The first-order valence-corrected chi connectivity index (χ1v) is 18.4. The topological polar surface area (TPSA) is 141 Å². The van der Waals surface area contributed by atoms with Crippen molar-refractivity contribution in [3.8, 4) is 5.75 Å². The number of anilines is 4. The molecular weight excluding hydrogens is 639 g/mol. The van der Waals surface area contributed by atoms with E-state index in [-0.39, 0.29) is 17.2 Å². The number of sulfone groups is 1. The van der Waals surface area contributed by atoms with Crippen molar-refractivity contribution >= 4 is 60.6 Å². The molecule has 1 fully saturated rings. The van der Waals surface area contributed by atoms with Crippen molar-refractivity contribution in [3.63, 3.8) is 0 Å². The van der Waals surface area contributed by atoms with Gasteiger partial charge < -0.3 is 25.0 Å². The number of piperidine rings is 1. The molecule has 1 saturated heterocycles. The fraction of sp³-hybridized carbons (Fsp3) is 0.515. The summed E-state index contributed by atoms with van der Waals surface area (Å²) in [5.74, 6) is 1.94. The maximum Gasteiger partial charge on any atom is 0.410 e. The summed E-state index contributed by atoms with van der Waals surface area (Å²) in [5, 5.41) is 12.2. The molecule has 0 spiro atoms. The van der Waals surface area contributed by atoms with Gasteiger partial charge in [-0.1, -0.05) is 0 Å². The van der Waals surface area contributed by atoms with Crippen LogP contribution in [0.15, 0.2) is 28.7 Å². The summed E-state index contributed by atoms with van der Waals surface area (Å²) in [5.41, 5.74) is 4.97. The lowest BCUT2D eigenvalue weighted by molar-refractivity contribution is 0.0204. The number of amides is 1. The number of thiophene rings is 1. The smallest absolute Gasteiger partial charge is 0.410 e. The highest BCUT2D eigenvalue weighted by atomic mass is 32.2. The molecule has 2 N–H and O–H groups in total. The van der Waals surface area contributed by atoms with Gasteiger partial charge in [0.05, 0.1) is 26.8 Å². The SMILES string of the molecule is Cc1cc(Nc2nc(Nc3cn(C)nc3S(=O)(=O)C(C)C)c3sccc3n2)c2c(c1C1CCN(C(=O)OC(C)(C)C)CC1)C[C@@H](C)O2. The number of carbonyl (C=O) groups excluding carboxylic acids is 1. The average molecular weight is 682 g/mol. The number of nitrogens with zero attached hydrogens (tertiary/aromatic N) is 5. The lowest BCUT2D eigenvalue weighted by atomic mass is 9.82. The van der Waals surface area contributed by atoms with Crippen LogP contribution in [0.3, 0.4) is 0 Å². The Kier molecular flexibility index (Phi) is 8.62. The van der Waals surface area contributed by atoms with Gasteiger partial charge in [-0.2, -0.15) is 10.1 Å². The van der Waals surface area contributed by atoms with Crippen LogP contribution in [-0.4, -0.2) is 69.2 Å². The van der Waals surface area contributed by atoms with Gasteiger partial charge in [0.1, 0.15) is 17.5 Å². The number of aryl methyl sites for hydroxylation is 2. The number of hydrogen-bond donors (Lipinski definition) is 2. The number of hydrogen-bond acceptors (Lipinski definition) is 11. The Balaban J connectivity index is 1.29. The van der Waals surface area contributed by atoms with Gasteiger partial charge in [0.15, 0.2) is 5.82 Å². The summed E-state index contributed by atoms with van der Waals surface area (Å²) in [6.45, 7) is 14.4. The molecule has 3 aromatic heterocycles. The first-order valence-electron chi connectivity index (χ1n) is 16.0. The van der Waals surface area contributed by atoms with E-state index >= 15 is 0 Å². The van der Waals surface area contributed by atoms with E-state index in [0.29, 0.717) is 36.5 Å². The maximum absolute atomic E-state index is 13.1. The second-order valence-electron chi connectivity index (χ2n) is 13.7. The minimum absolute atomic E-state index is 0.0114. The molecule has 6 rings (SSSR count). The highest BCUT2D eigenvalue weighted by molar-refractivity contribution is 7.92. The van der Waals surface area contributed by atoms with Crippen molar-refractivity contribution in [1.82, 2.24) is 24.6 Å². The van der Waals surface area contributed by atoms with Gasteiger partial charge in [-0.3, -0.25) is 4.68 Å². The number of rotatable bonds is 7. The summed E-state index contributed by atoms with van der Waals surface area (Å²) in [6.07, 6.45) is 3.89. The van der Waals surface area contributed by atoms with E-state index in [2.05, 4.69) is 35.6 Å². The Morgan fingerprint density at radius 1 is 1.15 bits per heavy atom. The average Bonchev–Trinajstić information content (AvgIpc) is 3.70. The predicted octanol–water partition coefficient (Wildman–Crippen LogP) is 6.84. The van der Waals surface area contributed by atoms with Crippen LogP contribution in [0.5, 0.6) is 5.75 Å². The second kappa shape index (κ2) is 12.3. The monoisotopic (exact) mass is 681 g/mol. The molecule has 5 heterocycles. The predicted molar refractivity (Wildman–Crippen MR) is 184 cm³/mol. The Bertz CT molecular complexity index is 1940. The number of carbonyl (C=O) groups is 1. The lowest BCUT2D eigenvalue weighted by Gasteiger charge is -2.34. The van der Waals surface area contributed by atoms with E-state index in [4.69, 9.17) is 19.4 Å². The molecule has 252 valence electrons. The largest absolute Gasteiger partial charge is 0.488 e. The molecule has 0 radical (unpaired) electrons. The zero-order chi connectivity index (χ0) is 33.8. The quantitative estimate of drug-likeness (QED) is 0.213. The van der Waals surface area contributed by atoms with Crippen LogP contribution < -0.4 is 15.4 Å². The van der Waals surface area contributed by atoms with E-state index in [1.165, 1.54) is 27.1 Å². The van der Waals surface area contributed by atoms with Crippen LogP contribution >= 0.6 is 11.3 Å². The fourth-order valence-electron chi connectivity index (χ4n) is 6.33. The first-order chi connectivity index (χ1) is 22.1. The first kappa shape index (κ1) is 33.0. The third kappa shape index (κ3) is 6.62. The Hall–Kier alpha value is -3.91. The van der Waals surface area contributed by atoms with E-state index in [9.17, 15) is 13.2 Å². The molecule has 4 aromatic rings. The number of fused-ring (bicyclic) bond motifs is 2. The van der Waals surface area contributed by atoms with E-state index in [0.717, 1.165) is 46.5 Å². The number of aromatic nitrogens is 4. The van der Waals surface area contributed by atoms with E-state index < -0.39 is 20.7 Å². The Labute approximate surface area is 279 Å². The van der Waals surface area contributed by atoms with Gasteiger partial charge in [-0.15, -0.1) is 11.3 Å². The lowest BCUT2D eigenvalue weighted by Crippen LogP contribution is -2.41. The number of benzene rings is 1. The van der Waals surface area contributed by atoms with Crippen molar-refractivity contribution in [2.45, 2.75) is 95.6 Å². The van der Waals surface area contributed by atoms with Gasteiger partial charge in [-0.05, 0) is 95.9 Å². The third-order valence-electron chi connectivity index (χ3n) is 8.48. The minimum Gasteiger partial charge on any atom is -0.488 e. The van der Waals surface area contributed by atoms with Crippen LogP contribution in [-0.2, 0) is 28.0 Å². The molecule has 1 aromatic carbocycles. The molecule has 2 aliphatic rings. The number of nitrogens with one attached hydrogen (secondary N) is 2. The molecule has 1 amide bonds. The zero-order valence-corrected chi connectivity index (χ0v) is 29.8. The van der Waals surface area contributed by atoms with Crippen molar-refractivity contribution in [3.05, 3.63) is 40.4 Å². The Morgan fingerprint density at radius 2 is 1.87 bits per heavy atom. The molecule has 14 heteroatoms. The summed E-state index contributed by atoms with van der Waals surface area (Å²) >= 11 is 1.47. The van der Waals surface area contributed by atoms with Crippen molar-refractivity contribution in [2.75, 3.05) is 23.7 Å². The molecule has 2 aliphatic heterocycles. The summed E-state index contributed by atoms with van der Waals surface area (Å²) < 4.78 is 40.5. The summed E-state index contributed by atoms with van der Waals surface area (Å²) in [7, 11) is -1.95. The Morgan fingerprint density at radius 3 is 2.55 bits per heavy atom. The van der Waals surface area contributed by atoms with Gasteiger partial charge >= 0.3 is 6.09 Å². The van der Waals surface area contributed by atoms with E-state index in [1.807, 2.05) is 37.1 Å². The number of likely N-dealkylation sites (tertiary alicyclic amines) is 1. The maximum atomic E-state index is 13.1. The van der Waals surface area contributed by atoms with Crippen LogP contribution in [0.25, 0.3) is 10.2 Å². The molecule has 0 unspecified atom stereocenters. The molecule has 47 heavy (non-hydrogen) atoms. The fourth-order valence-corrected chi connectivity index (χ4v) is 8.20. The van der Waals surface area contributed by atoms with Crippen LogP contribution in [0.2, 0.25) is 0 Å². The van der Waals surface area contributed by atoms with Gasteiger partial charge in [0, 0.05) is 38.3 Å². The van der Waals surface area contributed by atoms with Gasteiger partial charge in [0.25, 0.3) is 0 Å². The van der Waals surface area contributed by atoms with Crippen LogP contribution in [0.4, 0.5) is 27.9 Å². The minimum atomic E-state index is -3.64. The highest BCUT2D eigenvalue weighted by Gasteiger charge is 2.34. The highest BCUT2D eigenvalue weighted by Crippen LogP contribution is 2.46. The van der Waals surface area contributed by atoms with Crippen molar-refractivity contribution < 1.29 is 22.7 Å². The second-order valence-corrected chi connectivity index (χ2v) is 17.1. The molecule has 12 nitrogen and oxygen atoms in total. The normalized spacial score (nSPS) is 17.2. The summed E-state index contributed by atoms with van der Waals surface area (Å²) in [4.78, 5) is 24.1. The third-order valence-corrected chi connectivity index (χ3v) is 11.5. The summed E-state index contributed by atoms with van der Waals surface area (Å²) in [6, 6.07) is 4.00. The zero-order valence-electron chi connectivity index (χ0n) is 28.2.